The number of halogens is 1. The van der Waals surface area contributed by atoms with Crippen molar-refractivity contribution in [2.75, 3.05) is 26.8 Å². The van der Waals surface area contributed by atoms with Crippen LogP contribution in [0, 0.1) is 0 Å². The molecular formula is C10H16FNO. The lowest BCUT2D eigenvalue weighted by atomic mass is 9.94. The second-order valence-electron chi connectivity index (χ2n) is 4.13. The smallest absolute Gasteiger partial charge is 0.0872 e. The molecule has 13 heavy (non-hydrogen) atoms. The van der Waals surface area contributed by atoms with Gasteiger partial charge in [0, 0.05) is 19.2 Å². The average Bonchev–Trinajstić information content (AvgIpc) is 2.60. The Hall–Kier alpha value is -0.410. The van der Waals surface area contributed by atoms with Crippen LogP contribution in [0.4, 0.5) is 4.39 Å². The van der Waals surface area contributed by atoms with Crippen molar-refractivity contribution in [3.05, 3.63) is 11.9 Å². The first kappa shape index (κ1) is 9.16. The van der Waals surface area contributed by atoms with Gasteiger partial charge in [0.15, 0.2) is 0 Å². The molecule has 0 radical (unpaired) electrons. The van der Waals surface area contributed by atoms with E-state index < -0.39 is 0 Å². The van der Waals surface area contributed by atoms with E-state index in [1.54, 1.807) is 7.11 Å². The summed E-state index contributed by atoms with van der Waals surface area (Å²) in [5.41, 5.74) is 1.06. The largest absolute Gasteiger partial charge is 0.383 e. The molecule has 2 aliphatic rings. The minimum absolute atomic E-state index is 0.132. The zero-order valence-electron chi connectivity index (χ0n) is 8.05. The molecule has 2 rings (SSSR count). The number of nitrogens with zero attached hydrogens (tertiary/aromatic N) is 1. The highest BCUT2D eigenvalue weighted by atomic mass is 19.1. The van der Waals surface area contributed by atoms with Crippen LogP contribution in [0.1, 0.15) is 19.3 Å². The van der Waals surface area contributed by atoms with Gasteiger partial charge in [-0.3, -0.25) is 4.90 Å². The molecule has 0 spiro atoms. The van der Waals surface area contributed by atoms with E-state index in [2.05, 4.69) is 4.90 Å². The van der Waals surface area contributed by atoms with Crippen molar-refractivity contribution < 1.29 is 9.13 Å². The Labute approximate surface area is 78.4 Å². The molecule has 0 aromatic carbocycles. The Morgan fingerprint density at radius 1 is 1.69 bits per heavy atom. The van der Waals surface area contributed by atoms with Gasteiger partial charge in [-0.25, -0.2) is 4.39 Å². The number of ether oxygens (including phenoxy) is 1. The molecule has 2 heterocycles. The first-order valence-corrected chi connectivity index (χ1v) is 4.83. The topological polar surface area (TPSA) is 12.5 Å². The van der Waals surface area contributed by atoms with E-state index in [0.717, 1.165) is 44.4 Å². The maximum absolute atomic E-state index is 12.4. The van der Waals surface area contributed by atoms with Gasteiger partial charge in [0.25, 0.3) is 0 Å². The number of methoxy groups -OCH3 is 1. The predicted octanol–water partition coefficient (Wildman–Crippen LogP) is 1.72. The fourth-order valence-corrected chi connectivity index (χ4v) is 2.72. The molecule has 0 N–H and O–H groups in total. The van der Waals surface area contributed by atoms with Crippen LogP contribution in [0.15, 0.2) is 11.9 Å². The summed E-state index contributed by atoms with van der Waals surface area (Å²) in [6, 6.07) is 0. The minimum Gasteiger partial charge on any atom is -0.383 e. The molecule has 2 aliphatic heterocycles. The molecular weight excluding hydrogens is 169 g/mol. The fourth-order valence-electron chi connectivity index (χ4n) is 2.72. The molecule has 0 aromatic rings. The van der Waals surface area contributed by atoms with Gasteiger partial charge in [-0.2, -0.15) is 0 Å². The quantitative estimate of drug-likeness (QED) is 0.649. The van der Waals surface area contributed by atoms with Crippen molar-refractivity contribution in [2.45, 2.75) is 24.8 Å². The van der Waals surface area contributed by atoms with Crippen LogP contribution in [0.25, 0.3) is 0 Å². The Balaban J connectivity index is 2.14. The summed E-state index contributed by atoms with van der Waals surface area (Å²) >= 11 is 0. The number of hydrogen-bond acceptors (Lipinski definition) is 2. The predicted molar refractivity (Wildman–Crippen MR) is 49.2 cm³/mol. The molecule has 0 unspecified atom stereocenters. The second-order valence-corrected chi connectivity index (χ2v) is 4.13. The maximum Gasteiger partial charge on any atom is 0.0872 e. The van der Waals surface area contributed by atoms with Crippen LogP contribution < -0.4 is 0 Å². The SMILES string of the molecule is COC[C@]12CCCN1C/C(=C/F)C2. The normalized spacial score (nSPS) is 37.2. The molecule has 0 aliphatic carbocycles. The third-order valence-corrected chi connectivity index (χ3v) is 3.26. The molecule has 2 saturated heterocycles. The first-order chi connectivity index (χ1) is 6.30. The van der Waals surface area contributed by atoms with Gasteiger partial charge in [-0.1, -0.05) is 0 Å². The molecule has 2 nitrogen and oxygen atoms in total. The lowest BCUT2D eigenvalue weighted by molar-refractivity contribution is 0.0656. The molecule has 0 saturated carbocycles. The summed E-state index contributed by atoms with van der Waals surface area (Å²) in [6.45, 7) is 2.64. The summed E-state index contributed by atoms with van der Waals surface area (Å²) in [5, 5.41) is 0. The van der Waals surface area contributed by atoms with Crippen LogP contribution in [0.5, 0.6) is 0 Å². The third-order valence-electron chi connectivity index (χ3n) is 3.26. The summed E-state index contributed by atoms with van der Waals surface area (Å²) in [4.78, 5) is 2.36. The van der Waals surface area contributed by atoms with Crippen LogP contribution in [-0.4, -0.2) is 37.2 Å². The summed E-state index contributed by atoms with van der Waals surface area (Å²) < 4.78 is 17.6. The van der Waals surface area contributed by atoms with E-state index in [0.29, 0.717) is 0 Å². The number of hydrogen-bond donors (Lipinski definition) is 0. The number of rotatable bonds is 2. The Bertz CT molecular complexity index is 229. The Kier molecular flexibility index (Phi) is 2.39. The van der Waals surface area contributed by atoms with E-state index in [4.69, 9.17) is 4.74 Å². The second kappa shape index (κ2) is 3.39. The standard InChI is InChI=1S/C10H16FNO/c1-13-8-10-3-2-4-12(10)7-9(5-10)6-11/h6H,2-5,7-8H2,1H3/b9-6+/t10-/m1/s1. The fraction of sp³-hybridized carbons (Fsp3) is 0.800. The van der Waals surface area contributed by atoms with E-state index in [1.807, 2.05) is 0 Å². The van der Waals surface area contributed by atoms with Gasteiger partial charge in [-0.15, -0.1) is 0 Å². The van der Waals surface area contributed by atoms with Crippen LogP contribution in [-0.2, 0) is 4.74 Å². The van der Waals surface area contributed by atoms with E-state index in [-0.39, 0.29) is 5.54 Å². The highest BCUT2D eigenvalue weighted by Gasteiger charge is 2.46. The van der Waals surface area contributed by atoms with Crippen LogP contribution >= 0.6 is 0 Å². The van der Waals surface area contributed by atoms with Gasteiger partial charge in [-0.05, 0) is 31.4 Å². The van der Waals surface area contributed by atoms with E-state index in [1.165, 1.54) is 6.42 Å². The molecule has 0 amide bonds. The van der Waals surface area contributed by atoms with Crippen molar-refractivity contribution in [3.8, 4) is 0 Å². The lowest BCUT2D eigenvalue weighted by Crippen LogP contribution is -2.42. The van der Waals surface area contributed by atoms with Crippen LogP contribution in [0.3, 0.4) is 0 Å². The van der Waals surface area contributed by atoms with Crippen LogP contribution in [0.2, 0.25) is 0 Å². The molecule has 0 bridgehead atoms. The van der Waals surface area contributed by atoms with Crippen molar-refractivity contribution in [1.29, 1.82) is 0 Å². The first-order valence-electron chi connectivity index (χ1n) is 4.83. The summed E-state index contributed by atoms with van der Waals surface area (Å²) in [7, 11) is 1.72. The lowest BCUT2D eigenvalue weighted by Gasteiger charge is -2.30. The molecule has 1 atom stereocenters. The average molecular weight is 185 g/mol. The van der Waals surface area contributed by atoms with E-state index in [9.17, 15) is 4.39 Å². The van der Waals surface area contributed by atoms with E-state index >= 15 is 0 Å². The molecule has 3 heteroatoms. The zero-order valence-corrected chi connectivity index (χ0v) is 8.05. The maximum atomic E-state index is 12.4. The van der Waals surface area contributed by atoms with Gasteiger partial charge in [0.05, 0.1) is 12.9 Å². The van der Waals surface area contributed by atoms with Gasteiger partial charge in [0.1, 0.15) is 0 Å². The van der Waals surface area contributed by atoms with Crippen molar-refractivity contribution in [3.63, 3.8) is 0 Å². The molecule has 74 valence electrons. The molecule has 0 aromatic heterocycles. The third kappa shape index (κ3) is 1.40. The Morgan fingerprint density at radius 3 is 3.23 bits per heavy atom. The van der Waals surface area contributed by atoms with Crippen molar-refractivity contribution in [2.24, 2.45) is 0 Å². The van der Waals surface area contributed by atoms with Gasteiger partial charge < -0.3 is 4.74 Å². The van der Waals surface area contributed by atoms with Gasteiger partial charge >= 0.3 is 0 Å². The zero-order chi connectivity index (χ0) is 9.31. The van der Waals surface area contributed by atoms with Crippen molar-refractivity contribution in [1.82, 2.24) is 4.90 Å². The summed E-state index contributed by atoms with van der Waals surface area (Å²) in [6.07, 6.45) is 4.01. The minimum atomic E-state index is 0.132. The molecule has 2 fully saturated rings. The monoisotopic (exact) mass is 185 g/mol. The number of fused-ring (bicyclic) bond motifs is 1. The highest BCUT2D eigenvalue weighted by molar-refractivity contribution is 5.18. The Morgan fingerprint density at radius 2 is 2.54 bits per heavy atom. The van der Waals surface area contributed by atoms with Crippen molar-refractivity contribution >= 4 is 0 Å². The van der Waals surface area contributed by atoms with Gasteiger partial charge in [0.2, 0.25) is 0 Å². The highest BCUT2D eigenvalue weighted by Crippen LogP contribution is 2.41. The summed E-state index contributed by atoms with van der Waals surface area (Å²) in [5.74, 6) is 0.